The number of rotatable bonds is 4. The van der Waals surface area contributed by atoms with Crippen molar-refractivity contribution in [1.29, 1.82) is 0 Å². The number of fused-ring (bicyclic) bond motifs is 1. The van der Waals surface area contributed by atoms with E-state index in [0.29, 0.717) is 16.2 Å². The van der Waals surface area contributed by atoms with Crippen LogP contribution in [0.4, 0.5) is 0 Å². The summed E-state index contributed by atoms with van der Waals surface area (Å²) in [6, 6.07) is 9.56. The lowest BCUT2D eigenvalue weighted by Gasteiger charge is -2.42. The van der Waals surface area contributed by atoms with Crippen molar-refractivity contribution >= 4 is 11.8 Å². The van der Waals surface area contributed by atoms with Crippen LogP contribution in [0.15, 0.2) is 24.3 Å². The molecule has 0 aliphatic heterocycles. The first-order valence-electron chi connectivity index (χ1n) is 8.43. The molecule has 2 aliphatic rings. The fraction of sp³-hybridized carbons (Fsp3) is 0.684. The molecule has 0 saturated heterocycles. The third-order valence-corrected chi connectivity index (χ3v) is 7.18. The summed E-state index contributed by atoms with van der Waals surface area (Å²) in [5, 5.41) is 3.98. The predicted octanol–water partition coefficient (Wildman–Crippen LogP) is 4.97. The minimum Gasteiger partial charge on any atom is -0.308 e. The van der Waals surface area contributed by atoms with Crippen LogP contribution in [-0.4, -0.2) is 17.5 Å². The summed E-state index contributed by atoms with van der Waals surface area (Å²) in [6.45, 7) is 6.03. The Morgan fingerprint density at radius 3 is 2.57 bits per heavy atom. The number of nitrogens with one attached hydrogen (secondary N) is 1. The van der Waals surface area contributed by atoms with Gasteiger partial charge in [-0.25, -0.2) is 0 Å². The van der Waals surface area contributed by atoms with Crippen molar-refractivity contribution in [3.8, 4) is 0 Å². The van der Waals surface area contributed by atoms with E-state index in [2.05, 4.69) is 61.4 Å². The van der Waals surface area contributed by atoms with Gasteiger partial charge >= 0.3 is 0 Å². The van der Waals surface area contributed by atoms with Crippen LogP contribution in [-0.2, 0) is 6.42 Å². The van der Waals surface area contributed by atoms with Crippen molar-refractivity contribution in [2.45, 2.75) is 63.2 Å². The van der Waals surface area contributed by atoms with Gasteiger partial charge in [-0.3, -0.25) is 0 Å². The SMILES string of the molecule is CSC1(CNC2c3ccccc3CCC2(C)C)CCCC1. The number of aryl methyl sites for hydroxylation is 1. The van der Waals surface area contributed by atoms with Gasteiger partial charge in [0.1, 0.15) is 0 Å². The third kappa shape index (κ3) is 3.03. The summed E-state index contributed by atoms with van der Waals surface area (Å²) in [5.41, 5.74) is 3.45. The average Bonchev–Trinajstić information content (AvgIpc) is 2.95. The molecule has 0 aromatic heterocycles. The van der Waals surface area contributed by atoms with E-state index >= 15 is 0 Å². The van der Waals surface area contributed by atoms with Crippen LogP contribution in [0, 0.1) is 5.41 Å². The van der Waals surface area contributed by atoms with Crippen molar-refractivity contribution in [3.63, 3.8) is 0 Å². The van der Waals surface area contributed by atoms with E-state index in [1.807, 2.05) is 0 Å². The summed E-state index contributed by atoms with van der Waals surface area (Å²) < 4.78 is 0.489. The fourth-order valence-corrected chi connectivity index (χ4v) is 5.14. The second kappa shape index (κ2) is 5.96. The van der Waals surface area contributed by atoms with Crippen molar-refractivity contribution in [2.75, 3.05) is 12.8 Å². The van der Waals surface area contributed by atoms with Gasteiger partial charge in [0.15, 0.2) is 0 Å². The third-order valence-electron chi connectivity index (χ3n) is 5.76. The zero-order valence-electron chi connectivity index (χ0n) is 13.7. The summed E-state index contributed by atoms with van der Waals surface area (Å²) in [4.78, 5) is 0. The maximum atomic E-state index is 3.98. The number of hydrogen-bond donors (Lipinski definition) is 1. The molecular weight excluding hydrogens is 274 g/mol. The Kier molecular flexibility index (Phi) is 4.38. The Balaban J connectivity index is 1.79. The molecule has 1 aromatic carbocycles. The van der Waals surface area contributed by atoms with Crippen molar-refractivity contribution < 1.29 is 0 Å². The van der Waals surface area contributed by atoms with Gasteiger partial charge in [-0.05, 0) is 48.5 Å². The molecule has 0 heterocycles. The monoisotopic (exact) mass is 303 g/mol. The Morgan fingerprint density at radius 1 is 1.14 bits per heavy atom. The molecule has 0 bridgehead atoms. The van der Waals surface area contributed by atoms with Gasteiger partial charge in [-0.1, -0.05) is 51.0 Å². The quantitative estimate of drug-likeness (QED) is 0.843. The molecule has 1 atom stereocenters. The lowest BCUT2D eigenvalue weighted by atomic mass is 9.70. The van der Waals surface area contributed by atoms with Crippen molar-refractivity contribution in [2.24, 2.45) is 5.41 Å². The summed E-state index contributed by atoms with van der Waals surface area (Å²) in [5.74, 6) is 0. The van der Waals surface area contributed by atoms with Crippen molar-refractivity contribution in [1.82, 2.24) is 5.32 Å². The van der Waals surface area contributed by atoms with Crippen molar-refractivity contribution in [3.05, 3.63) is 35.4 Å². The van der Waals surface area contributed by atoms with Crippen LogP contribution in [0.5, 0.6) is 0 Å². The van der Waals surface area contributed by atoms with E-state index in [-0.39, 0.29) is 0 Å². The molecule has 1 N–H and O–H groups in total. The number of benzene rings is 1. The lowest BCUT2D eigenvalue weighted by molar-refractivity contribution is 0.205. The second-order valence-electron chi connectivity index (χ2n) is 7.60. The fourth-order valence-electron chi connectivity index (χ4n) is 4.21. The molecule has 0 amide bonds. The Labute approximate surface area is 134 Å². The second-order valence-corrected chi connectivity index (χ2v) is 8.87. The average molecular weight is 304 g/mol. The van der Waals surface area contributed by atoms with Gasteiger partial charge in [0, 0.05) is 17.3 Å². The largest absolute Gasteiger partial charge is 0.308 e. The summed E-state index contributed by atoms with van der Waals surface area (Å²) in [6.07, 6.45) is 10.4. The lowest BCUT2D eigenvalue weighted by Crippen LogP contribution is -2.44. The molecule has 3 rings (SSSR count). The van der Waals surface area contributed by atoms with Gasteiger partial charge in [0.2, 0.25) is 0 Å². The van der Waals surface area contributed by atoms with Crippen LogP contribution >= 0.6 is 11.8 Å². The molecule has 1 aromatic rings. The van der Waals surface area contributed by atoms with Gasteiger partial charge < -0.3 is 5.32 Å². The molecular formula is C19H29NS. The molecule has 21 heavy (non-hydrogen) atoms. The van der Waals surface area contributed by atoms with Crippen LogP contribution in [0.2, 0.25) is 0 Å². The molecule has 0 radical (unpaired) electrons. The molecule has 2 heteroatoms. The molecule has 1 unspecified atom stereocenters. The molecule has 1 saturated carbocycles. The van der Waals surface area contributed by atoms with E-state index < -0.39 is 0 Å². The van der Waals surface area contributed by atoms with E-state index in [9.17, 15) is 0 Å². The molecule has 1 fully saturated rings. The predicted molar refractivity (Wildman–Crippen MR) is 94.0 cm³/mol. The topological polar surface area (TPSA) is 12.0 Å². The summed E-state index contributed by atoms with van der Waals surface area (Å²) >= 11 is 2.09. The zero-order valence-corrected chi connectivity index (χ0v) is 14.6. The first kappa shape index (κ1) is 15.4. The Morgan fingerprint density at radius 2 is 1.86 bits per heavy atom. The minimum atomic E-state index is 0.354. The maximum Gasteiger partial charge on any atom is 0.0375 e. The molecule has 0 spiro atoms. The highest BCUT2D eigenvalue weighted by Gasteiger charge is 2.39. The van der Waals surface area contributed by atoms with Gasteiger partial charge in [0.05, 0.1) is 0 Å². The summed E-state index contributed by atoms with van der Waals surface area (Å²) in [7, 11) is 0. The van der Waals surface area contributed by atoms with Crippen LogP contribution < -0.4 is 5.32 Å². The minimum absolute atomic E-state index is 0.354. The van der Waals surface area contributed by atoms with Crippen LogP contribution in [0.3, 0.4) is 0 Å². The highest BCUT2D eigenvalue weighted by atomic mass is 32.2. The first-order chi connectivity index (χ1) is 10.1. The van der Waals surface area contributed by atoms with Gasteiger partial charge in [-0.15, -0.1) is 0 Å². The van der Waals surface area contributed by atoms with Gasteiger partial charge in [0.25, 0.3) is 0 Å². The smallest absolute Gasteiger partial charge is 0.0375 e. The zero-order chi connectivity index (χ0) is 14.9. The van der Waals surface area contributed by atoms with E-state index in [1.165, 1.54) is 38.5 Å². The molecule has 1 nitrogen and oxygen atoms in total. The number of hydrogen-bond acceptors (Lipinski definition) is 2. The van der Waals surface area contributed by atoms with E-state index in [4.69, 9.17) is 0 Å². The maximum absolute atomic E-state index is 3.98. The molecule has 116 valence electrons. The Bertz CT molecular complexity index is 488. The van der Waals surface area contributed by atoms with Crippen LogP contribution in [0.25, 0.3) is 0 Å². The van der Waals surface area contributed by atoms with Crippen LogP contribution in [0.1, 0.15) is 63.1 Å². The van der Waals surface area contributed by atoms with E-state index in [0.717, 1.165) is 6.54 Å². The normalized spacial score (nSPS) is 26.5. The number of thioether (sulfide) groups is 1. The standard InChI is InChI=1S/C19H29NS/c1-18(2)13-10-15-8-4-5-9-16(15)17(18)20-14-19(21-3)11-6-7-12-19/h4-5,8-9,17,20H,6-7,10-14H2,1-3H3. The Hall–Kier alpha value is -0.470. The molecule has 2 aliphatic carbocycles. The highest BCUT2D eigenvalue weighted by Crippen LogP contribution is 2.45. The van der Waals surface area contributed by atoms with E-state index in [1.54, 1.807) is 11.1 Å². The van der Waals surface area contributed by atoms with Gasteiger partial charge in [-0.2, -0.15) is 11.8 Å². The highest BCUT2D eigenvalue weighted by molar-refractivity contribution is 8.00. The first-order valence-corrected chi connectivity index (χ1v) is 9.65.